The summed E-state index contributed by atoms with van der Waals surface area (Å²) in [7, 11) is 0. The van der Waals surface area contributed by atoms with Gasteiger partial charge in [0, 0.05) is 16.0 Å². The lowest BCUT2D eigenvalue weighted by atomic mass is 10.1. The van der Waals surface area contributed by atoms with Crippen LogP contribution in [0.15, 0.2) is 29.2 Å². The van der Waals surface area contributed by atoms with Crippen molar-refractivity contribution in [1.29, 1.82) is 0 Å². The minimum Gasteiger partial charge on any atom is -0.352 e. The lowest BCUT2D eigenvalue weighted by molar-refractivity contribution is -0.121. The van der Waals surface area contributed by atoms with Gasteiger partial charge in [-0.15, -0.1) is 11.8 Å². The number of hydrogen-bond donors (Lipinski definition) is 1. The average molecular weight is 300 g/mol. The molecule has 1 aromatic rings. The van der Waals surface area contributed by atoms with Gasteiger partial charge in [0.05, 0.1) is 5.25 Å². The molecule has 1 rings (SSSR count). The van der Waals surface area contributed by atoms with Crippen molar-refractivity contribution in [3.8, 4) is 0 Å². The summed E-state index contributed by atoms with van der Waals surface area (Å²) in [5.74, 6) is 0.561. The topological polar surface area (TPSA) is 29.1 Å². The normalized spacial score (nSPS) is 14.2. The van der Waals surface area contributed by atoms with Crippen molar-refractivity contribution in [2.24, 2.45) is 5.92 Å². The lowest BCUT2D eigenvalue weighted by Crippen LogP contribution is -2.41. The molecule has 0 aromatic heterocycles. The van der Waals surface area contributed by atoms with E-state index in [0.29, 0.717) is 5.92 Å². The Bertz CT molecular complexity index is 405. The predicted molar refractivity (Wildman–Crippen MR) is 83.8 cm³/mol. The predicted octanol–water partition coefficient (Wildman–Crippen LogP) is 4.37. The van der Waals surface area contributed by atoms with E-state index in [4.69, 9.17) is 11.6 Å². The van der Waals surface area contributed by atoms with Gasteiger partial charge in [0.15, 0.2) is 0 Å². The molecule has 0 radical (unpaired) electrons. The van der Waals surface area contributed by atoms with Crippen LogP contribution in [0.5, 0.6) is 0 Å². The van der Waals surface area contributed by atoms with E-state index < -0.39 is 0 Å². The maximum Gasteiger partial charge on any atom is 0.233 e. The molecular formula is C15H22ClNOS. The summed E-state index contributed by atoms with van der Waals surface area (Å²) in [6.45, 7) is 8.30. The molecule has 0 aliphatic heterocycles. The third-order valence-electron chi connectivity index (χ3n) is 3.13. The van der Waals surface area contributed by atoms with Crippen LogP contribution in [-0.2, 0) is 4.79 Å². The SMILES string of the molecule is CC[C@@H](Sc1ccc(Cl)cc1)C(=O)N[C@@H](C)C(C)C. The van der Waals surface area contributed by atoms with Crippen molar-refractivity contribution < 1.29 is 4.79 Å². The molecular weight excluding hydrogens is 278 g/mol. The van der Waals surface area contributed by atoms with Gasteiger partial charge in [-0.25, -0.2) is 0 Å². The Morgan fingerprint density at radius 2 is 1.84 bits per heavy atom. The van der Waals surface area contributed by atoms with Crippen molar-refractivity contribution in [3.05, 3.63) is 29.3 Å². The van der Waals surface area contributed by atoms with Gasteiger partial charge in [-0.2, -0.15) is 0 Å². The first-order chi connectivity index (χ1) is 8.93. The van der Waals surface area contributed by atoms with E-state index in [0.717, 1.165) is 16.3 Å². The minimum atomic E-state index is -0.0534. The first kappa shape index (κ1) is 16.4. The Hall–Kier alpha value is -0.670. The van der Waals surface area contributed by atoms with Gasteiger partial charge in [-0.3, -0.25) is 4.79 Å². The van der Waals surface area contributed by atoms with Crippen LogP contribution in [0.25, 0.3) is 0 Å². The number of amides is 1. The zero-order valence-electron chi connectivity index (χ0n) is 11.9. The Balaban J connectivity index is 2.62. The monoisotopic (exact) mass is 299 g/mol. The molecule has 2 atom stereocenters. The number of carbonyl (C=O) groups is 1. The van der Waals surface area contributed by atoms with E-state index in [2.05, 4.69) is 19.2 Å². The number of carbonyl (C=O) groups excluding carboxylic acids is 1. The fourth-order valence-electron chi connectivity index (χ4n) is 1.48. The molecule has 0 aliphatic rings. The van der Waals surface area contributed by atoms with Gasteiger partial charge in [-0.05, 0) is 43.5 Å². The number of thioether (sulfide) groups is 1. The van der Waals surface area contributed by atoms with Crippen molar-refractivity contribution in [3.63, 3.8) is 0 Å². The van der Waals surface area contributed by atoms with Gasteiger partial charge in [0.2, 0.25) is 5.91 Å². The van der Waals surface area contributed by atoms with Crippen LogP contribution in [0, 0.1) is 5.92 Å². The Morgan fingerprint density at radius 3 is 2.32 bits per heavy atom. The molecule has 1 aromatic carbocycles. The largest absolute Gasteiger partial charge is 0.352 e. The molecule has 2 nitrogen and oxygen atoms in total. The molecule has 0 bridgehead atoms. The summed E-state index contributed by atoms with van der Waals surface area (Å²) >= 11 is 7.45. The van der Waals surface area contributed by atoms with Gasteiger partial charge < -0.3 is 5.32 Å². The van der Waals surface area contributed by atoms with E-state index in [1.807, 2.05) is 38.1 Å². The Morgan fingerprint density at radius 1 is 1.26 bits per heavy atom. The number of nitrogens with one attached hydrogen (secondary N) is 1. The molecule has 106 valence electrons. The molecule has 1 N–H and O–H groups in total. The number of benzene rings is 1. The third kappa shape index (κ3) is 5.45. The van der Waals surface area contributed by atoms with Crippen molar-refractivity contribution in [2.45, 2.75) is 50.3 Å². The van der Waals surface area contributed by atoms with Crippen LogP contribution in [-0.4, -0.2) is 17.2 Å². The summed E-state index contributed by atoms with van der Waals surface area (Å²) in [4.78, 5) is 13.3. The van der Waals surface area contributed by atoms with Crippen molar-refractivity contribution >= 4 is 29.3 Å². The molecule has 0 fully saturated rings. The third-order valence-corrected chi connectivity index (χ3v) is 4.75. The van der Waals surface area contributed by atoms with Gasteiger partial charge in [-0.1, -0.05) is 32.4 Å². The maximum atomic E-state index is 12.2. The highest BCUT2D eigenvalue weighted by Crippen LogP contribution is 2.27. The first-order valence-corrected chi connectivity index (χ1v) is 7.92. The van der Waals surface area contributed by atoms with E-state index in [1.165, 1.54) is 0 Å². The lowest BCUT2D eigenvalue weighted by Gasteiger charge is -2.21. The minimum absolute atomic E-state index is 0.0534. The van der Waals surface area contributed by atoms with Gasteiger partial charge in [0.25, 0.3) is 0 Å². The van der Waals surface area contributed by atoms with Crippen LogP contribution in [0.4, 0.5) is 0 Å². The second-order valence-electron chi connectivity index (χ2n) is 5.01. The number of rotatable bonds is 6. The summed E-state index contributed by atoms with van der Waals surface area (Å²) in [5, 5.41) is 3.74. The zero-order valence-corrected chi connectivity index (χ0v) is 13.5. The molecule has 0 saturated carbocycles. The molecule has 0 saturated heterocycles. The Kier molecular flexibility index (Phi) is 6.73. The van der Waals surface area contributed by atoms with E-state index in [9.17, 15) is 4.79 Å². The Labute approximate surface area is 125 Å². The molecule has 4 heteroatoms. The van der Waals surface area contributed by atoms with Crippen LogP contribution in [0.3, 0.4) is 0 Å². The highest BCUT2D eigenvalue weighted by atomic mass is 35.5. The average Bonchev–Trinajstić information content (AvgIpc) is 2.37. The fourth-order valence-corrected chi connectivity index (χ4v) is 2.57. The van der Waals surface area contributed by atoms with Crippen LogP contribution >= 0.6 is 23.4 Å². The van der Waals surface area contributed by atoms with Crippen LogP contribution in [0.2, 0.25) is 5.02 Å². The first-order valence-electron chi connectivity index (χ1n) is 6.66. The second-order valence-corrected chi connectivity index (χ2v) is 6.72. The number of halogens is 1. The number of hydrogen-bond acceptors (Lipinski definition) is 2. The highest BCUT2D eigenvalue weighted by Gasteiger charge is 2.20. The summed E-state index contributed by atoms with van der Waals surface area (Å²) < 4.78 is 0. The van der Waals surface area contributed by atoms with E-state index in [-0.39, 0.29) is 17.2 Å². The van der Waals surface area contributed by atoms with Gasteiger partial charge in [0.1, 0.15) is 0 Å². The molecule has 0 heterocycles. The standard InChI is InChI=1S/C15H22ClNOS/c1-5-14(15(18)17-11(4)10(2)3)19-13-8-6-12(16)7-9-13/h6-11,14H,5H2,1-4H3,(H,17,18)/t11-,14+/m0/s1. The molecule has 0 aliphatic carbocycles. The van der Waals surface area contributed by atoms with Crippen molar-refractivity contribution in [1.82, 2.24) is 5.32 Å². The molecule has 0 unspecified atom stereocenters. The van der Waals surface area contributed by atoms with Crippen molar-refractivity contribution in [2.75, 3.05) is 0 Å². The van der Waals surface area contributed by atoms with E-state index >= 15 is 0 Å². The summed E-state index contributed by atoms with van der Waals surface area (Å²) in [6, 6.07) is 7.81. The van der Waals surface area contributed by atoms with Crippen LogP contribution < -0.4 is 5.32 Å². The fraction of sp³-hybridized carbons (Fsp3) is 0.533. The van der Waals surface area contributed by atoms with E-state index in [1.54, 1.807) is 11.8 Å². The highest BCUT2D eigenvalue weighted by molar-refractivity contribution is 8.00. The molecule has 1 amide bonds. The smallest absolute Gasteiger partial charge is 0.233 e. The van der Waals surface area contributed by atoms with Crippen LogP contribution in [0.1, 0.15) is 34.1 Å². The zero-order chi connectivity index (χ0) is 14.4. The maximum absolute atomic E-state index is 12.2. The van der Waals surface area contributed by atoms with Gasteiger partial charge >= 0.3 is 0 Å². The molecule has 19 heavy (non-hydrogen) atoms. The summed E-state index contributed by atoms with van der Waals surface area (Å²) in [6.07, 6.45) is 0.809. The quantitative estimate of drug-likeness (QED) is 0.790. The molecule has 0 spiro atoms. The summed E-state index contributed by atoms with van der Waals surface area (Å²) in [5.41, 5.74) is 0. The second kappa shape index (κ2) is 7.81.